The Bertz CT molecular complexity index is 1050. The molecule has 1 aromatic heterocycles. The number of nitrogens with two attached hydrogens (primary N) is 1. The van der Waals surface area contributed by atoms with Crippen LogP contribution in [0.5, 0.6) is 0 Å². The maximum atomic E-state index is 13.6. The van der Waals surface area contributed by atoms with Crippen molar-refractivity contribution < 1.29 is 50.4 Å². The molecule has 1 fully saturated rings. The number of oxime groups is 1. The molecule has 0 bridgehead atoms. The van der Waals surface area contributed by atoms with Crippen LogP contribution in [-0.4, -0.2) is 82.2 Å². The van der Waals surface area contributed by atoms with E-state index in [9.17, 15) is 31.6 Å². The highest BCUT2D eigenvalue weighted by Crippen LogP contribution is 2.35. The van der Waals surface area contributed by atoms with Crippen molar-refractivity contribution >= 4 is 50.4 Å². The molecule has 1 saturated heterocycles. The van der Waals surface area contributed by atoms with Crippen LogP contribution in [0.4, 0.5) is 13.9 Å². The molecule has 1 atom stereocenters. The Hall–Kier alpha value is -2.96. The SMILES string of the molecule is CC(C)(O/N=C(\C(=O)N[C@@H]1C(=O)N(OS(=O)(=O)O)C1(CF)CF)c1csc(N)n1)C(=O)O. The van der Waals surface area contributed by atoms with Gasteiger partial charge >= 0.3 is 16.4 Å². The third kappa shape index (κ3) is 4.92. The number of amides is 2. The number of thiazole rings is 1. The number of hydroxylamine groups is 2. The molecule has 0 radical (unpaired) electrons. The second-order valence-corrected chi connectivity index (χ2v) is 8.72. The molecule has 0 saturated carbocycles. The molecule has 18 heteroatoms. The smallest absolute Gasteiger partial charge is 0.418 e. The number of carbonyl (C=O) groups is 3. The second-order valence-electron chi connectivity index (χ2n) is 6.83. The molecular formula is C14H17F2N5O9S2. The fourth-order valence-corrected chi connectivity index (χ4v) is 3.27. The molecule has 2 heterocycles. The average Bonchev–Trinajstić information content (AvgIpc) is 3.12. The first-order valence-corrected chi connectivity index (χ1v) is 10.6. The number of aromatic nitrogens is 1. The zero-order valence-corrected chi connectivity index (χ0v) is 17.9. The summed E-state index contributed by atoms with van der Waals surface area (Å²) in [5.74, 6) is -4.14. The van der Waals surface area contributed by atoms with Crippen LogP contribution in [0.2, 0.25) is 0 Å². The first kappa shape index (κ1) is 25.3. The number of nitrogen functional groups attached to an aromatic ring is 1. The Labute approximate surface area is 182 Å². The lowest BCUT2D eigenvalue weighted by atomic mass is 9.82. The number of carboxylic acids is 1. The predicted octanol–water partition coefficient (Wildman–Crippen LogP) is -0.952. The minimum Gasteiger partial charge on any atom is -0.478 e. The maximum absolute atomic E-state index is 13.6. The van der Waals surface area contributed by atoms with Crippen LogP contribution >= 0.6 is 11.3 Å². The van der Waals surface area contributed by atoms with Gasteiger partial charge in [0.1, 0.15) is 25.1 Å². The van der Waals surface area contributed by atoms with Crippen LogP contribution in [0.3, 0.4) is 0 Å². The van der Waals surface area contributed by atoms with Gasteiger partial charge in [0, 0.05) is 5.38 Å². The summed E-state index contributed by atoms with van der Waals surface area (Å²) in [5, 5.41) is 15.5. The topological polar surface area (TPSA) is 211 Å². The van der Waals surface area contributed by atoms with Crippen molar-refractivity contribution in [2.24, 2.45) is 5.16 Å². The van der Waals surface area contributed by atoms with Crippen molar-refractivity contribution in [3.63, 3.8) is 0 Å². The van der Waals surface area contributed by atoms with Crippen molar-refractivity contribution in [2.75, 3.05) is 19.1 Å². The van der Waals surface area contributed by atoms with Crippen LogP contribution in [-0.2, 0) is 33.9 Å². The standard InChI is InChI=1S/C14H17F2N5O9S2/c1-13(2,11(24)25)29-20-7(6-3-31-12(17)18-6)9(22)19-8-10(23)21(30-32(26,27)28)14(8,4-15)5-16/h3,8H,4-5H2,1-2H3,(H2,17,18)(H,19,22)(H,24,25)(H,26,27,28)/b20-7-/t8-/m1/s1. The third-order valence-corrected chi connectivity index (χ3v) is 5.17. The number of halogens is 2. The zero-order valence-electron chi connectivity index (χ0n) is 16.3. The summed E-state index contributed by atoms with van der Waals surface area (Å²) in [4.78, 5) is 44.7. The lowest BCUT2D eigenvalue weighted by Crippen LogP contribution is -2.81. The molecular weight excluding hydrogens is 484 g/mol. The van der Waals surface area contributed by atoms with Gasteiger partial charge in [-0.15, -0.1) is 15.6 Å². The lowest BCUT2D eigenvalue weighted by molar-refractivity contribution is -0.232. The first-order chi connectivity index (χ1) is 14.7. The number of rotatable bonds is 10. The number of anilines is 1. The van der Waals surface area contributed by atoms with Gasteiger partial charge in [0.25, 0.3) is 11.8 Å². The van der Waals surface area contributed by atoms with Crippen LogP contribution in [0.1, 0.15) is 19.5 Å². The van der Waals surface area contributed by atoms with E-state index in [1.807, 2.05) is 5.32 Å². The summed E-state index contributed by atoms with van der Waals surface area (Å²) in [6.45, 7) is -1.20. The first-order valence-electron chi connectivity index (χ1n) is 8.33. The number of nitrogens with one attached hydrogen (secondary N) is 1. The van der Waals surface area contributed by atoms with Crippen molar-refractivity contribution in [3.05, 3.63) is 11.1 Å². The number of aliphatic carboxylic acids is 1. The highest BCUT2D eigenvalue weighted by molar-refractivity contribution is 7.80. The average molecular weight is 501 g/mol. The Kier molecular flexibility index (Phi) is 7.02. The van der Waals surface area contributed by atoms with Gasteiger partial charge in [-0.3, -0.25) is 14.1 Å². The van der Waals surface area contributed by atoms with E-state index in [1.54, 1.807) is 0 Å². The van der Waals surface area contributed by atoms with Gasteiger partial charge in [-0.1, -0.05) is 5.16 Å². The van der Waals surface area contributed by atoms with E-state index >= 15 is 0 Å². The Balaban J connectivity index is 2.36. The number of nitrogens with zero attached hydrogens (tertiary/aromatic N) is 3. The predicted molar refractivity (Wildman–Crippen MR) is 102 cm³/mol. The van der Waals surface area contributed by atoms with E-state index < -0.39 is 64.4 Å². The van der Waals surface area contributed by atoms with E-state index in [-0.39, 0.29) is 15.9 Å². The highest BCUT2D eigenvalue weighted by atomic mass is 32.3. The minimum atomic E-state index is -5.31. The number of carboxylic acid groups (broad SMARTS) is 1. The molecule has 2 rings (SSSR count). The summed E-state index contributed by atoms with van der Waals surface area (Å²) in [5.41, 5.74) is 0.0759. The largest absolute Gasteiger partial charge is 0.478 e. The van der Waals surface area contributed by atoms with E-state index in [1.165, 1.54) is 5.38 Å². The van der Waals surface area contributed by atoms with Gasteiger partial charge in [-0.05, 0) is 13.8 Å². The van der Waals surface area contributed by atoms with Crippen molar-refractivity contribution in [1.29, 1.82) is 0 Å². The van der Waals surface area contributed by atoms with Crippen molar-refractivity contribution in [1.82, 2.24) is 15.4 Å². The van der Waals surface area contributed by atoms with Crippen LogP contribution in [0.15, 0.2) is 10.5 Å². The van der Waals surface area contributed by atoms with Gasteiger partial charge < -0.3 is 21.0 Å². The summed E-state index contributed by atoms with van der Waals surface area (Å²) in [6, 6.07) is -1.99. The molecule has 2 amide bonds. The minimum absolute atomic E-state index is 0.0210. The van der Waals surface area contributed by atoms with Gasteiger partial charge in [0.15, 0.2) is 16.4 Å². The van der Waals surface area contributed by atoms with Crippen LogP contribution in [0, 0.1) is 0 Å². The fourth-order valence-electron chi connectivity index (χ4n) is 2.32. The molecule has 1 aromatic rings. The molecule has 32 heavy (non-hydrogen) atoms. The van der Waals surface area contributed by atoms with Gasteiger partial charge in [-0.2, -0.15) is 13.5 Å². The van der Waals surface area contributed by atoms with Gasteiger partial charge in [0.2, 0.25) is 5.60 Å². The van der Waals surface area contributed by atoms with E-state index in [4.69, 9.17) is 20.2 Å². The summed E-state index contributed by atoms with van der Waals surface area (Å²) in [6.07, 6.45) is 0. The number of hydrogen-bond donors (Lipinski definition) is 4. The molecule has 1 aliphatic rings. The Morgan fingerprint density at radius 3 is 2.47 bits per heavy atom. The molecule has 14 nitrogen and oxygen atoms in total. The van der Waals surface area contributed by atoms with Gasteiger partial charge in [-0.25, -0.2) is 18.6 Å². The molecule has 178 valence electrons. The Morgan fingerprint density at radius 2 is 2.03 bits per heavy atom. The van der Waals surface area contributed by atoms with Gasteiger partial charge in [0.05, 0.1) is 0 Å². The molecule has 1 aliphatic heterocycles. The molecule has 0 aliphatic carbocycles. The van der Waals surface area contributed by atoms with Crippen LogP contribution in [0.25, 0.3) is 0 Å². The second kappa shape index (κ2) is 8.88. The monoisotopic (exact) mass is 501 g/mol. The number of hydrogen-bond acceptors (Lipinski definition) is 11. The van der Waals surface area contributed by atoms with Crippen molar-refractivity contribution in [3.8, 4) is 0 Å². The summed E-state index contributed by atoms with van der Waals surface area (Å²) in [7, 11) is -5.31. The molecule has 0 aromatic carbocycles. The maximum Gasteiger partial charge on any atom is 0.418 e. The lowest BCUT2D eigenvalue weighted by Gasteiger charge is -2.51. The summed E-state index contributed by atoms with van der Waals surface area (Å²) >= 11 is 0.869. The normalized spacial score (nSPS) is 18.8. The zero-order chi connectivity index (χ0) is 24.5. The highest BCUT2D eigenvalue weighted by Gasteiger charge is 2.64. The molecule has 0 unspecified atom stereocenters. The number of carbonyl (C=O) groups excluding carboxylic acids is 2. The summed E-state index contributed by atoms with van der Waals surface area (Å²) < 4.78 is 61.6. The molecule has 0 spiro atoms. The number of alkyl halides is 2. The number of β-lactam (4-membered cyclic amide) rings is 1. The fraction of sp³-hybridized carbons (Fsp3) is 0.500. The van der Waals surface area contributed by atoms with Crippen LogP contribution < -0.4 is 11.1 Å². The third-order valence-electron chi connectivity index (χ3n) is 4.16. The van der Waals surface area contributed by atoms with E-state index in [2.05, 4.69) is 14.4 Å². The quantitative estimate of drug-likeness (QED) is 0.133. The van der Waals surface area contributed by atoms with Crippen molar-refractivity contribution in [2.45, 2.75) is 31.0 Å². The molecule has 5 N–H and O–H groups in total. The van der Waals surface area contributed by atoms with E-state index in [0.717, 1.165) is 25.2 Å². The Morgan fingerprint density at radius 1 is 1.44 bits per heavy atom. The van der Waals surface area contributed by atoms with E-state index in [0.29, 0.717) is 0 Å².